The number of nitrogens with two attached hydrogens (primary N) is 1. The Morgan fingerprint density at radius 2 is 2.08 bits per heavy atom. The molecular weight excluding hydrogens is 354 g/mol. The Kier molecular flexibility index (Phi) is 4.16. The van der Waals surface area contributed by atoms with Gasteiger partial charge in [0.25, 0.3) is 5.91 Å². The Balaban J connectivity index is 1.54. The highest BCUT2D eigenvalue weighted by atomic mass is 32.1. The van der Waals surface area contributed by atoms with Crippen LogP contribution in [0.3, 0.4) is 0 Å². The van der Waals surface area contributed by atoms with Gasteiger partial charge in [0.2, 0.25) is 0 Å². The van der Waals surface area contributed by atoms with Crippen LogP contribution in [-0.2, 0) is 16.8 Å². The number of carbonyl (C=O) groups is 2. The first kappa shape index (κ1) is 17.0. The number of piperidine rings is 1. The van der Waals surface area contributed by atoms with Crippen molar-refractivity contribution in [2.24, 2.45) is 0 Å². The first-order chi connectivity index (χ1) is 12.5. The number of rotatable bonds is 2. The van der Waals surface area contributed by atoms with E-state index in [4.69, 9.17) is 10.5 Å². The number of likely N-dealkylation sites (tertiary alicyclic amines) is 1. The molecule has 2 aromatic heterocycles. The standard InChI is InChI=1S/C18H19N3O4S/c19-14-10-12(1-5-20-14)16(22)21-6-3-18(4-7-21)15-11(2-8-25-18)9-13(26-15)17(23)24/h1,5,9-10H,2-4,6-8H2,(H2,19,20)(H,23,24). The normalized spacial score (nSPS) is 18.5. The van der Waals surface area contributed by atoms with Crippen LogP contribution in [0.25, 0.3) is 0 Å². The molecule has 0 bridgehead atoms. The molecule has 4 heterocycles. The second-order valence-electron chi connectivity index (χ2n) is 6.62. The summed E-state index contributed by atoms with van der Waals surface area (Å²) in [4.78, 5) is 31.1. The van der Waals surface area contributed by atoms with Crippen molar-refractivity contribution in [2.75, 3.05) is 25.4 Å². The van der Waals surface area contributed by atoms with Crippen LogP contribution >= 0.6 is 11.3 Å². The highest BCUT2D eigenvalue weighted by Crippen LogP contribution is 2.45. The minimum atomic E-state index is -0.901. The van der Waals surface area contributed by atoms with Gasteiger partial charge in [-0.3, -0.25) is 4.79 Å². The summed E-state index contributed by atoms with van der Waals surface area (Å²) in [6.45, 7) is 1.69. The zero-order valence-electron chi connectivity index (χ0n) is 14.1. The molecule has 8 heteroatoms. The largest absolute Gasteiger partial charge is 0.477 e. The van der Waals surface area contributed by atoms with E-state index in [0.29, 0.717) is 48.8 Å². The number of nitrogen functional groups attached to an aromatic ring is 1. The van der Waals surface area contributed by atoms with E-state index >= 15 is 0 Å². The molecule has 136 valence electrons. The lowest BCUT2D eigenvalue weighted by atomic mass is 9.85. The molecule has 7 nitrogen and oxygen atoms in total. The molecule has 0 radical (unpaired) electrons. The molecule has 0 aliphatic carbocycles. The summed E-state index contributed by atoms with van der Waals surface area (Å²) in [6.07, 6.45) is 3.58. The second-order valence-corrected chi connectivity index (χ2v) is 7.68. The van der Waals surface area contributed by atoms with Crippen LogP contribution in [-0.4, -0.2) is 46.6 Å². The maximum Gasteiger partial charge on any atom is 0.345 e. The molecular formula is C18H19N3O4S. The van der Waals surface area contributed by atoms with E-state index in [2.05, 4.69) is 4.98 Å². The van der Waals surface area contributed by atoms with Crippen LogP contribution in [0.1, 0.15) is 43.3 Å². The van der Waals surface area contributed by atoms with E-state index in [-0.39, 0.29) is 5.91 Å². The van der Waals surface area contributed by atoms with E-state index in [1.54, 1.807) is 23.1 Å². The minimum Gasteiger partial charge on any atom is -0.477 e. The van der Waals surface area contributed by atoms with Gasteiger partial charge in [0.15, 0.2) is 0 Å². The Bertz CT molecular complexity index is 871. The predicted molar refractivity (Wildman–Crippen MR) is 96.4 cm³/mol. The fourth-order valence-electron chi connectivity index (χ4n) is 3.73. The molecule has 3 N–H and O–H groups in total. The predicted octanol–water partition coefficient (Wildman–Crippen LogP) is 2.13. The number of hydrogen-bond acceptors (Lipinski definition) is 6. The van der Waals surface area contributed by atoms with E-state index in [1.807, 2.05) is 0 Å². The van der Waals surface area contributed by atoms with E-state index in [0.717, 1.165) is 16.9 Å². The van der Waals surface area contributed by atoms with Crippen LogP contribution in [0.5, 0.6) is 0 Å². The van der Waals surface area contributed by atoms with Gasteiger partial charge in [0.1, 0.15) is 16.3 Å². The number of nitrogens with zero attached hydrogens (tertiary/aromatic N) is 2. The van der Waals surface area contributed by atoms with Gasteiger partial charge in [-0.1, -0.05) is 0 Å². The lowest BCUT2D eigenvalue weighted by molar-refractivity contribution is -0.0906. The Labute approximate surface area is 154 Å². The summed E-state index contributed by atoms with van der Waals surface area (Å²) in [5.41, 5.74) is 6.80. The smallest absolute Gasteiger partial charge is 0.345 e. The third-order valence-corrected chi connectivity index (χ3v) is 6.42. The van der Waals surface area contributed by atoms with Gasteiger partial charge in [-0.05, 0) is 43.0 Å². The fourth-order valence-corrected chi connectivity index (χ4v) is 4.98. The molecule has 2 aromatic rings. The van der Waals surface area contributed by atoms with Crippen molar-refractivity contribution in [3.63, 3.8) is 0 Å². The maximum atomic E-state index is 12.7. The number of aromatic nitrogens is 1. The number of ether oxygens (including phenoxy) is 1. The monoisotopic (exact) mass is 373 g/mol. The average Bonchev–Trinajstić information content (AvgIpc) is 3.08. The number of amides is 1. The van der Waals surface area contributed by atoms with E-state index in [1.165, 1.54) is 17.5 Å². The van der Waals surface area contributed by atoms with Crippen molar-refractivity contribution >= 4 is 29.0 Å². The zero-order valence-corrected chi connectivity index (χ0v) is 14.9. The van der Waals surface area contributed by atoms with Gasteiger partial charge in [-0.25, -0.2) is 9.78 Å². The zero-order chi connectivity index (χ0) is 18.3. The summed E-state index contributed by atoms with van der Waals surface area (Å²) in [5, 5.41) is 9.29. The van der Waals surface area contributed by atoms with Crippen LogP contribution in [0.2, 0.25) is 0 Å². The van der Waals surface area contributed by atoms with Gasteiger partial charge in [-0.15, -0.1) is 11.3 Å². The average molecular weight is 373 g/mol. The SMILES string of the molecule is Nc1cc(C(=O)N2CCC3(CC2)OCCc2cc(C(=O)O)sc23)ccn1. The summed E-state index contributed by atoms with van der Waals surface area (Å²) in [5.74, 6) is -0.644. The Hall–Kier alpha value is -2.45. The number of aromatic carboxylic acids is 1. The Morgan fingerprint density at radius 1 is 1.31 bits per heavy atom. The van der Waals surface area contributed by atoms with E-state index < -0.39 is 11.6 Å². The minimum absolute atomic E-state index is 0.0672. The van der Waals surface area contributed by atoms with Crippen LogP contribution in [0, 0.1) is 0 Å². The molecule has 0 aromatic carbocycles. The number of pyridine rings is 1. The van der Waals surface area contributed by atoms with Crippen molar-refractivity contribution in [1.82, 2.24) is 9.88 Å². The molecule has 2 aliphatic heterocycles. The molecule has 0 unspecified atom stereocenters. The van der Waals surface area contributed by atoms with Crippen molar-refractivity contribution in [3.05, 3.63) is 45.3 Å². The summed E-state index contributed by atoms with van der Waals surface area (Å²) in [7, 11) is 0. The lowest BCUT2D eigenvalue weighted by Gasteiger charge is -2.43. The van der Waals surface area contributed by atoms with Gasteiger partial charge in [-0.2, -0.15) is 0 Å². The molecule has 2 aliphatic rings. The quantitative estimate of drug-likeness (QED) is 0.835. The highest BCUT2D eigenvalue weighted by molar-refractivity contribution is 7.14. The number of fused-ring (bicyclic) bond motifs is 2. The number of carbonyl (C=O) groups excluding carboxylic acids is 1. The third-order valence-electron chi connectivity index (χ3n) is 5.07. The second kappa shape index (κ2) is 6.37. The van der Waals surface area contributed by atoms with Gasteiger partial charge in [0, 0.05) is 29.7 Å². The summed E-state index contributed by atoms with van der Waals surface area (Å²) < 4.78 is 6.13. The third kappa shape index (κ3) is 2.85. The van der Waals surface area contributed by atoms with Crippen molar-refractivity contribution in [3.8, 4) is 0 Å². The van der Waals surface area contributed by atoms with Gasteiger partial charge < -0.3 is 20.5 Å². The molecule has 26 heavy (non-hydrogen) atoms. The van der Waals surface area contributed by atoms with E-state index in [9.17, 15) is 14.7 Å². The first-order valence-electron chi connectivity index (χ1n) is 8.50. The molecule has 1 amide bonds. The van der Waals surface area contributed by atoms with Crippen molar-refractivity contribution < 1.29 is 19.4 Å². The molecule has 0 atom stereocenters. The first-order valence-corrected chi connectivity index (χ1v) is 9.31. The molecule has 1 spiro atoms. The number of carboxylic acids is 1. The lowest BCUT2D eigenvalue weighted by Crippen LogP contribution is -2.47. The fraction of sp³-hybridized carbons (Fsp3) is 0.389. The number of hydrogen-bond donors (Lipinski definition) is 2. The van der Waals surface area contributed by atoms with Crippen molar-refractivity contribution in [1.29, 1.82) is 0 Å². The molecule has 0 saturated carbocycles. The van der Waals surface area contributed by atoms with Crippen LogP contribution < -0.4 is 5.73 Å². The highest BCUT2D eigenvalue weighted by Gasteiger charge is 2.43. The Morgan fingerprint density at radius 3 is 2.77 bits per heavy atom. The molecule has 1 saturated heterocycles. The van der Waals surface area contributed by atoms with Crippen LogP contribution in [0.15, 0.2) is 24.4 Å². The van der Waals surface area contributed by atoms with Gasteiger partial charge in [0.05, 0.1) is 6.61 Å². The number of carboxylic acid groups (broad SMARTS) is 1. The van der Waals surface area contributed by atoms with Crippen molar-refractivity contribution in [2.45, 2.75) is 24.9 Å². The number of anilines is 1. The van der Waals surface area contributed by atoms with Crippen LogP contribution in [0.4, 0.5) is 5.82 Å². The topological polar surface area (TPSA) is 106 Å². The maximum absolute atomic E-state index is 12.7. The number of thiophene rings is 1. The summed E-state index contributed by atoms with van der Waals surface area (Å²) >= 11 is 1.30. The van der Waals surface area contributed by atoms with Gasteiger partial charge >= 0.3 is 5.97 Å². The molecule has 4 rings (SSSR count). The summed E-state index contributed by atoms with van der Waals surface area (Å²) in [6, 6.07) is 5.01. The molecule has 1 fully saturated rings.